The number of fused-ring (bicyclic) bond motifs is 3. The Morgan fingerprint density at radius 3 is 2.96 bits per heavy atom. The van der Waals surface area contributed by atoms with E-state index in [9.17, 15) is 13.2 Å². The van der Waals surface area contributed by atoms with Gasteiger partial charge in [0, 0.05) is 18.6 Å². The van der Waals surface area contributed by atoms with Gasteiger partial charge < -0.3 is 9.30 Å². The van der Waals surface area contributed by atoms with Crippen LogP contribution in [0, 0.1) is 0 Å². The lowest BCUT2D eigenvalue weighted by Gasteiger charge is -2.07. The Morgan fingerprint density at radius 1 is 1.25 bits per heavy atom. The predicted octanol–water partition coefficient (Wildman–Crippen LogP) is 2.16. The molecule has 4 rings (SSSR count). The molecule has 3 aromatic rings. The van der Waals surface area contributed by atoms with E-state index in [2.05, 4.69) is 20.1 Å². The molecule has 0 amide bonds. The van der Waals surface area contributed by atoms with E-state index in [0.717, 1.165) is 11.0 Å². The largest absolute Gasteiger partial charge is 0.491 e. The van der Waals surface area contributed by atoms with E-state index >= 15 is 0 Å². The topological polar surface area (TPSA) is 70.7 Å². The molecular formula is C14H11F3N6O. The fraction of sp³-hybridized carbons (Fsp3) is 0.286. The number of aromatic nitrogens is 6. The minimum Gasteiger partial charge on any atom is -0.491 e. The van der Waals surface area contributed by atoms with Crippen molar-refractivity contribution in [2.24, 2.45) is 0 Å². The molecule has 0 fully saturated rings. The lowest BCUT2D eigenvalue weighted by atomic mass is 10.2. The summed E-state index contributed by atoms with van der Waals surface area (Å²) in [7, 11) is 0. The molecule has 3 aromatic heterocycles. The van der Waals surface area contributed by atoms with Gasteiger partial charge in [0.25, 0.3) is 0 Å². The first-order valence-corrected chi connectivity index (χ1v) is 7.10. The maximum Gasteiger partial charge on any atom is 0.408 e. The van der Waals surface area contributed by atoms with Gasteiger partial charge in [0.05, 0.1) is 12.1 Å². The number of imidazole rings is 1. The first-order chi connectivity index (χ1) is 11.5. The fourth-order valence-corrected chi connectivity index (χ4v) is 2.59. The number of alkyl halides is 3. The second kappa shape index (κ2) is 5.32. The Hall–Kier alpha value is -2.91. The van der Waals surface area contributed by atoms with Crippen LogP contribution < -0.4 is 4.74 Å². The molecule has 10 heteroatoms. The Labute approximate surface area is 133 Å². The van der Waals surface area contributed by atoms with Crippen molar-refractivity contribution in [1.29, 1.82) is 0 Å². The van der Waals surface area contributed by atoms with Crippen molar-refractivity contribution in [1.82, 2.24) is 29.3 Å². The molecule has 0 N–H and O–H groups in total. The van der Waals surface area contributed by atoms with Gasteiger partial charge in [0.2, 0.25) is 0 Å². The quantitative estimate of drug-likeness (QED) is 0.717. The second-order valence-corrected chi connectivity index (χ2v) is 5.22. The highest BCUT2D eigenvalue weighted by Crippen LogP contribution is 2.32. The van der Waals surface area contributed by atoms with Crippen LogP contribution in [0.1, 0.15) is 0 Å². The Bertz CT molecular complexity index is 885. The third-order valence-corrected chi connectivity index (χ3v) is 3.56. The molecule has 0 atom stereocenters. The molecule has 7 nitrogen and oxygen atoms in total. The molecular weight excluding hydrogens is 325 g/mol. The standard InChI is InChI=1S/C14H11F3N6O/c15-14(16,17)7-23-13(19-8-20-23)10-6-22-3-4-24-11-1-2-18-5-9(11)12(22)21-10/h1-2,5-6,8H,3-4,7H2. The molecule has 0 saturated heterocycles. The first-order valence-electron chi connectivity index (χ1n) is 7.10. The molecule has 4 heterocycles. The summed E-state index contributed by atoms with van der Waals surface area (Å²) < 4.78 is 46.2. The normalized spacial score (nSPS) is 13.8. The van der Waals surface area contributed by atoms with Crippen LogP contribution in [-0.4, -0.2) is 42.1 Å². The van der Waals surface area contributed by atoms with Gasteiger partial charge in [0.1, 0.15) is 36.7 Å². The summed E-state index contributed by atoms with van der Waals surface area (Å²) in [5.74, 6) is 1.28. The molecule has 124 valence electrons. The molecule has 0 radical (unpaired) electrons. The molecule has 0 spiro atoms. The third kappa shape index (κ3) is 2.59. The van der Waals surface area contributed by atoms with Gasteiger partial charge in [-0.05, 0) is 6.07 Å². The fourth-order valence-electron chi connectivity index (χ4n) is 2.59. The van der Waals surface area contributed by atoms with E-state index in [1.165, 1.54) is 0 Å². The summed E-state index contributed by atoms with van der Waals surface area (Å²) in [5.41, 5.74) is 1.01. The van der Waals surface area contributed by atoms with E-state index in [0.29, 0.717) is 36.0 Å². The zero-order valence-corrected chi connectivity index (χ0v) is 12.2. The average molecular weight is 336 g/mol. The van der Waals surface area contributed by atoms with Crippen LogP contribution in [-0.2, 0) is 13.1 Å². The molecule has 1 aliphatic heterocycles. The van der Waals surface area contributed by atoms with E-state index < -0.39 is 12.7 Å². The van der Waals surface area contributed by atoms with Crippen molar-refractivity contribution in [2.75, 3.05) is 6.61 Å². The van der Waals surface area contributed by atoms with E-state index in [4.69, 9.17) is 4.74 Å². The predicted molar refractivity (Wildman–Crippen MR) is 76.0 cm³/mol. The summed E-state index contributed by atoms with van der Waals surface area (Å²) in [6, 6.07) is 1.73. The van der Waals surface area contributed by atoms with Crippen molar-refractivity contribution in [3.63, 3.8) is 0 Å². The minimum atomic E-state index is -4.39. The highest BCUT2D eigenvalue weighted by Gasteiger charge is 2.30. The molecule has 1 aliphatic rings. The van der Waals surface area contributed by atoms with Crippen molar-refractivity contribution in [2.45, 2.75) is 19.3 Å². The molecule has 0 aromatic carbocycles. The maximum absolute atomic E-state index is 12.7. The van der Waals surface area contributed by atoms with Crippen LogP contribution >= 0.6 is 0 Å². The van der Waals surface area contributed by atoms with Crippen LogP contribution in [0.15, 0.2) is 31.0 Å². The number of pyridine rings is 1. The number of hydrogen-bond donors (Lipinski definition) is 0. The average Bonchev–Trinajstić information content (AvgIpc) is 3.09. The molecule has 0 unspecified atom stereocenters. The lowest BCUT2D eigenvalue weighted by Crippen LogP contribution is -2.19. The Kier molecular flexibility index (Phi) is 3.25. The van der Waals surface area contributed by atoms with Gasteiger partial charge in [-0.3, -0.25) is 4.98 Å². The van der Waals surface area contributed by atoms with E-state index in [1.807, 2.05) is 4.57 Å². The highest BCUT2D eigenvalue weighted by atomic mass is 19.4. The van der Waals surface area contributed by atoms with Crippen LogP contribution in [0.2, 0.25) is 0 Å². The summed E-state index contributed by atoms with van der Waals surface area (Å²) in [6.07, 6.45) is 1.58. The smallest absolute Gasteiger partial charge is 0.408 e. The number of nitrogens with zero attached hydrogens (tertiary/aromatic N) is 6. The Balaban J connectivity index is 1.79. The Morgan fingerprint density at radius 2 is 2.12 bits per heavy atom. The second-order valence-electron chi connectivity index (χ2n) is 5.22. The van der Waals surface area contributed by atoms with Gasteiger partial charge >= 0.3 is 6.18 Å². The molecule has 0 aliphatic carbocycles. The van der Waals surface area contributed by atoms with E-state index in [1.54, 1.807) is 24.7 Å². The van der Waals surface area contributed by atoms with Crippen molar-refractivity contribution >= 4 is 0 Å². The summed E-state index contributed by atoms with van der Waals surface area (Å²) in [4.78, 5) is 12.4. The van der Waals surface area contributed by atoms with Crippen molar-refractivity contribution in [3.8, 4) is 28.7 Å². The molecule has 0 saturated carbocycles. The maximum atomic E-state index is 12.7. The van der Waals surface area contributed by atoms with Crippen molar-refractivity contribution in [3.05, 3.63) is 31.0 Å². The van der Waals surface area contributed by atoms with Gasteiger partial charge in [-0.15, -0.1) is 0 Å². The molecule has 24 heavy (non-hydrogen) atoms. The van der Waals surface area contributed by atoms with Gasteiger partial charge in [-0.1, -0.05) is 0 Å². The highest BCUT2D eigenvalue weighted by molar-refractivity contribution is 5.67. The van der Waals surface area contributed by atoms with E-state index in [-0.39, 0.29) is 5.82 Å². The zero-order chi connectivity index (χ0) is 16.7. The zero-order valence-electron chi connectivity index (χ0n) is 12.2. The summed E-state index contributed by atoms with van der Waals surface area (Å²) >= 11 is 0. The van der Waals surface area contributed by atoms with Crippen LogP contribution in [0.3, 0.4) is 0 Å². The number of ether oxygens (including phenoxy) is 1. The lowest BCUT2D eigenvalue weighted by molar-refractivity contribution is -0.142. The monoisotopic (exact) mass is 336 g/mol. The SMILES string of the molecule is FC(F)(F)Cn1ncnc1-c1cn2c(n1)-c1cnccc1OCC2. The third-order valence-electron chi connectivity index (χ3n) is 3.56. The number of hydrogen-bond acceptors (Lipinski definition) is 5. The van der Waals surface area contributed by atoms with Crippen LogP contribution in [0.4, 0.5) is 13.2 Å². The summed E-state index contributed by atoms with van der Waals surface area (Å²) in [5, 5.41) is 3.65. The number of rotatable bonds is 2. The van der Waals surface area contributed by atoms with Crippen LogP contribution in [0.25, 0.3) is 22.9 Å². The van der Waals surface area contributed by atoms with Crippen LogP contribution in [0.5, 0.6) is 5.75 Å². The molecule has 0 bridgehead atoms. The van der Waals surface area contributed by atoms with Crippen molar-refractivity contribution < 1.29 is 17.9 Å². The van der Waals surface area contributed by atoms with Gasteiger partial charge in [-0.25, -0.2) is 14.6 Å². The number of halogens is 3. The minimum absolute atomic E-state index is 0.0688. The first kappa shape index (κ1) is 14.7. The summed E-state index contributed by atoms with van der Waals surface area (Å²) in [6.45, 7) is -0.273. The van der Waals surface area contributed by atoms with Gasteiger partial charge in [0.15, 0.2) is 5.82 Å². The van der Waals surface area contributed by atoms with Gasteiger partial charge in [-0.2, -0.15) is 18.3 Å².